The number of fused-ring (bicyclic) bond motifs is 1. The van der Waals surface area contributed by atoms with Gasteiger partial charge in [0.25, 0.3) is 5.91 Å². The average Bonchev–Trinajstić information content (AvgIpc) is 2.88. The van der Waals surface area contributed by atoms with Crippen molar-refractivity contribution in [2.24, 2.45) is 5.92 Å². The number of furan rings is 1. The smallest absolute Gasteiger partial charge is 0.287 e. The van der Waals surface area contributed by atoms with Gasteiger partial charge in [-0.2, -0.15) is 0 Å². The summed E-state index contributed by atoms with van der Waals surface area (Å²) in [6, 6.07) is 7.15. The van der Waals surface area contributed by atoms with Gasteiger partial charge in [-0.3, -0.25) is 4.79 Å². The Morgan fingerprint density at radius 1 is 1.53 bits per heavy atom. The minimum Gasteiger partial charge on any atom is -0.493 e. The molecule has 19 heavy (non-hydrogen) atoms. The van der Waals surface area contributed by atoms with Gasteiger partial charge in [-0.1, -0.05) is 19.1 Å². The summed E-state index contributed by atoms with van der Waals surface area (Å²) in [6.07, 6.45) is 0. The molecule has 0 aliphatic rings. The number of amides is 1. The lowest BCUT2D eigenvalue weighted by atomic mass is 10.2. The maximum Gasteiger partial charge on any atom is 0.287 e. The molecule has 5 heteroatoms. The molecule has 2 N–H and O–H groups in total. The molecule has 0 saturated heterocycles. The van der Waals surface area contributed by atoms with E-state index in [1.165, 1.54) is 0 Å². The second-order valence-corrected chi connectivity index (χ2v) is 4.49. The molecule has 1 aromatic carbocycles. The number of hydrogen-bond acceptors (Lipinski definition) is 4. The first kappa shape index (κ1) is 13.4. The molecule has 5 nitrogen and oxygen atoms in total. The summed E-state index contributed by atoms with van der Waals surface area (Å²) in [7, 11) is 1.56. The highest BCUT2D eigenvalue weighted by molar-refractivity contribution is 5.97. The van der Waals surface area contributed by atoms with Crippen LogP contribution in [0.25, 0.3) is 11.0 Å². The molecule has 1 heterocycles. The van der Waals surface area contributed by atoms with E-state index in [9.17, 15) is 4.79 Å². The number of benzene rings is 1. The van der Waals surface area contributed by atoms with Gasteiger partial charge in [-0.15, -0.1) is 0 Å². The van der Waals surface area contributed by atoms with E-state index in [-0.39, 0.29) is 24.2 Å². The summed E-state index contributed by atoms with van der Waals surface area (Å²) in [5.74, 6) is 0.561. The summed E-state index contributed by atoms with van der Waals surface area (Å²) in [4.78, 5) is 11.9. The van der Waals surface area contributed by atoms with Crippen molar-refractivity contribution in [1.29, 1.82) is 0 Å². The van der Waals surface area contributed by atoms with E-state index in [0.717, 1.165) is 5.39 Å². The number of aliphatic hydroxyl groups is 1. The van der Waals surface area contributed by atoms with Crippen LogP contribution in [0.15, 0.2) is 28.7 Å². The molecular formula is C14H17NO4. The van der Waals surface area contributed by atoms with Crippen molar-refractivity contribution >= 4 is 16.9 Å². The third-order valence-electron chi connectivity index (χ3n) is 2.87. The average molecular weight is 263 g/mol. The van der Waals surface area contributed by atoms with Crippen LogP contribution in [0.3, 0.4) is 0 Å². The zero-order valence-corrected chi connectivity index (χ0v) is 11.0. The van der Waals surface area contributed by atoms with Gasteiger partial charge in [-0.05, 0) is 18.1 Å². The Morgan fingerprint density at radius 2 is 2.32 bits per heavy atom. The van der Waals surface area contributed by atoms with Crippen molar-refractivity contribution in [3.8, 4) is 5.75 Å². The van der Waals surface area contributed by atoms with Crippen molar-refractivity contribution < 1.29 is 19.1 Å². The molecule has 0 radical (unpaired) electrons. The quantitative estimate of drug-likeness (QED) is 0.862. The van der Waals surface area contributed by atoms with Gasteiger partial charge in [0.15, 0.2) is 17.1 Å². The van der Waals surface area contributed by atoms with E-state index in [0.29, 0.717) is 17.9 Å². The van der Waals surface area contributed by atoms with Gasteiger partial charge in [0.2, 0.25) is 0 Å². The largest absolute Gasteiger partial charge is 0.493 e. The predicted molar refractivity (Wildman–Crippen MR) is 71.3 cm³/mol. The number of carbonyl (C=O) groups excluding carboxylic acids is 1. The molecule has 0 fully saturated rings. The van der Waals surface area contributed by atoms with Crippen LogP contribution < -0.4 is 10.1 Å². The highest BCUT2D eigenvalue weighted by Gasteiger charge is 2.15. The Labute approximate surface area is 111 Å². The summed E-state index contributed by atoms with van der Waals surface area (Å²) < 4.78 is 10.7. The first-order chi connectivity index (χ1) is 9.15. The van der Waals surface area contributed by atoms with Crippen LogP contribution in [-0.4, -0.2) is 31.3 Å². The molecule has 2 aromatic rings. The maximum absolute atomic E-state index is 11.9. The third-order valence-corrected chi connectivity index (χ3v) is 2.87. The van der Waals surface area contributed by atoms with Crippen LogP contribution >= 0.6 is 0 Å². The molecule has 0 bridgehead atoms. The molecule has 1 amide bonds. The van der Waals surface area contributed by atoms with Crippen LogP contribution in [0.5, 0.6) is 5.75 Å². The molecular weight excluding hydrogens is 246 g/mol. The number of methoxy groups -OCH3 is 1. The van der Waals surface area contributed by atoms with Crippen LogP contribution in [0, 0.1) is 5.92 Å². The number of rotatable bonds is 5. The second-order valence-electron chi connectivity index (χ2n) is 4.49. The van der Waals surface area contributed by atoms with Gasteiger partial charge in [0.05, 0.1) is 7.11 Å². The van der Waals surface area contributed by atoms with Crippen LogP contribution in [0.4, 0.5) is 0 Å². The predicted octanol–water partition coefficient (Wildman–Crippen LogP) is 1.80. The van der Waals surface area contributed by atoms with E-state index in [2.05, 4.69) is 5.32 Å². The number of nitrogens with one attached hydrogen (secondary N) is 1. The minimum atomic E-state index is -0.293. The number of hydrogen-bond donors (Lipinski definition) is 2. The maximum atomic E-state index is 11.9. The van der Waals surface area contributed by atoms with Crippen molar-refractivity contribution in [3.05, 3.63) is 30.0 Å². The Hall–Kier alpha value is -2.01. The van der Waals surface area contributed by atoms with Gasteiger partial charge >= 0.3 is 0 Å². The fourth-order valence-electron chi connectivity index (χ4n) is 1.73. The van der Waals surface area contributed by atoms with Crippen molar-refractivity contribution in [2.45, 2.75) is 6.92 Å². The van der Waals surface area contributed by atoms with Crippen LogP contribution in [0.1, 0.15) is 17.5 Å². The van der Waals surface area contributed by atoms with E-state index in [1.54, 1.807) is 19.2 Å². The zero-order chi connectivity index (χ0) is 13.8. The lowest BCUT2D eigenvalue weighted by Gasteiger charge is -2.07. The molecule has 102 valence electrons. The van der Waals surface area contributed by atoms with Crippen LogP contribution in [-0.2, 0) is 0 Å². The lowest BCUT2D eigenvalue weighted by Crippen LogP contribution is -2.29. The third kappa shape index (κ3) is 2.88. The van der Waals surface area contributed by atoms with Gasteiger partial charge in [-0.25, -0.2) is 0 Å². The number of carbonyl (C=O) groups is 1. The summed E-state index contributed by atoms with van der Waals surface area (Å²) in [5, 5.41) is 12.4. The number of ether oxygens (including phenoxy) is 1. The minimum absolute atomic E-state index is 0.0165. The molecule has 0 aliphatic heterocycles. The monoisotopic (exact) mass is 263 g/mol. The van der Waals surface area contributed by atoms with Crippen molar-refractivity contribution in [3.63, 3.8) is 0 Å². The van der Waals surface area contributed by atoms with E-state index in [4.69, 9.17) is 14.3 Å². The van der Waals surface area contributed by atoms with Crippen molar-refractivity contribution in [2.75, 3.05) is 20.3 Å². The topological polar surface area (TPSA) is 71.7 Å². The molecule has 2 rings (SSSR count). The second kappa shape index (κ2) is 5.75. The number of aliphatic hydroxyl groups excluding tert-OH is 1. The lowest BCUT2D eigenvalue weighted by molar-refractivity contribution is 0.0916. The Balaban J connectivity index is 2.19. The van der Waals surface area contributed by atoms with Crippen molar-refractivity contribution in [1.82, 2.24) is 5.32 Å². The molecule has 1 aromatic heterocycles. The van der Waals surface area contributed by atoms with E-state index >= 15 is 0 Å². The highest BCUT2D eigenvalue weighted by Crippen LogP contribution is 2.28. The SMILES string of the molecule is COc1cccc2cc(C(=O)NCC(C)CO)oc12. The first-order valence-corrected chi connectivity index (χ1v) is 6.11. The standard InChI is InChI=1S/C14H17NO4/c1-9(8-16)7-15-14(17)12-6-10-4-3-5-11(18-2)13(10)19-12/h3-6,9,16H,7-8H2,1-2H3,(H,15,17). The highest BCUT2D eigenvalue weighted by atomic mass is 16.5. The van der Waals surface area contributed by atoms with Crippen LogP contribution in [0.2, 0.25) is 0 Å². The van der Waals surface area contributed by atoms with Gasteiger partial charge in [0.1, 0.15) is 0 Å². The summed E-state index contributed by atoms with van der Waals surface area (Å²) in [5.41, 5.74) is 0.561. The molecule has 0 aliphatic carbocycles. The normalized spacial score (nSPS) is 12.4. The molecule has 0 saturated carbocycles. The zero-order valence-electron chi connectivity index (χ0n) is 11.0. The van der Waals surface area contributed by atoms with E-state index < -0.39 is 0 Å². The van der Waals surface area contributed by atoms with E-state index in [1.807, 2.05) is 19.1 Å². The van der Waals surface area contributed by atoms with Gasteiger partial charge in [0, 0.05) is 18.5 Å². The molecule has 0 spiro atoms. The Kier molecular flexibility index (Phi) is 4.06. The fraction of sp³-hybridized carbons (Fsp3) is 0.357. The first-order valence-electron chi connectivity index (χ1n) is 6.11. The summed E-state index contributed by atoms with van der Waals surface area (Å²) >= 11 is 0. The fourth-order valence-corrected chi connectivity index (χ4v) is 1.73. The molecule has 1 unspecified atom stereocenters. The number of para-hydroxylation sites is 1. The van der Waals surface area contributed by atoms with Gasteiger partial charge < -0.3 is 19.6 Å². The summed E-state index contributed by atoms with van der Waals surface area (Å²) in [6.45, 7) is 2.29. The Bertz CT molecular complexity index is 576. The molecule has 1 atom stereocenters. The Morgan fingerprint density at radius 3 is 3.00 bits per heavy atom.